The van der Waals surface area contributed by atoms with Gasteiger partial charge in [0.25, 0.3) is 0 Å². The highest BCUT2D eigenvalue weighted by molar-refractivity contribution is 5.36. The summed E-state index contributed by atoms with van der Waals surface area (Å²) >= 11 is 0. The maximum absolute atomic E-state index is 5.81. The van der Waals surface area contributed by atoms with Gasteiger partial charge in [-0.2, -0.15) is 0 Å². The summed E-state index contributed by atoms with van der Waals surface area (Å²) < 4.78 is 0. The Balaban J connectivity index is 3.05. The molecule has 2 nitrogen and oxygen atoms in total. The first-order chi connectivity index (χ1) is 6.25. The van der Waals surface area contributed by atoms with E-state index in [1.807, 2.05) is 0 Å². The van der Waals surface area contributed by atoms with Crippen LogP contribution in [0.2, 0.25) is 0 Å². The SMILES string of the molecule is C=C(N)C1=C(C)N(C(C)(C)C)CC1C. The third-order valence-corrected chi connectivity index (χ3v) is 2.90. The van der Waals surface area contributed by atoms with Crippen molar-refractivity contribution in [1.29, 1.82) is 0 Å². The van der Waals surface area contributed by atoms with Gasteiger partial charge in [0, 0.05) is 29.4 Å². The molecule has 0 spiro atoms. The van der Waals surface area contributed by atoms with E-state index in [2.05, 4.69) is 46.1 Å². The van der Waals surface area contributed by atoms with Gasteiger partial charge in [-0.15, -0.1) is 0 Å². The second kappa shape index (κ2) is 3.34. The Bertz CT molecular complexity index is 281. The number of nitrogens with two attached hydrogens (primary N) is 1. The number of allylic oxidation sites excluding steroid dienone is 2. The van der Waals surface area contributed by atoms with Crippen molar-refractivity contribution in [1.82, 2.24) is 4.90 Å². The van der Waals surface area contributed by atoms with Gasteiger partial charge in [0.05, 0.1) is 0 Å². The van der Waals surface area contributed by atoms with E-state index in [1.165, 1.54) is 11.3 Å². The quantitative estimate of drug-likeness (QED) is 0.695. The Morgan fingerprint density at radius 3 is 2.21 bits per heavy atom. The van der Waals surface area contributed by atoms with E-state index in [0.717, 1.165) is 12.2 Å². The summed E-state index contributed by atoms with van der Waals surface area (Å²) in [5, 5.41) is 0. The lowest BCUT2D eigenvalue weighted by molar-refractivity contribution is 0.192. The Morgan fingerprint density at radius 2 is 2.00 bits per heavy atom. The van der Waals surface area contributed by atoms with Gasteiger partial charge in [-0.05, 0) is 33.3 Å². The molecule has 0 saturated heterocycles. The summed E-state index contributed by atoms with van der Waals surface area (Å²) in [4.78, 5) is 2.41. The van der Waals surface area contributed by atoms with Crippen LogP contribution in [0.3, 0.4) is 0 Å². The van der Waals surface area contributed by atoms with E-state index in [4.69, 9.17) is 5.73 Å². The van der Waals surface area contributed by atoms with Crippen LogP contribution in [0, 0.1) is 5.92 Å². The molecule has 1 aliphatic rings. The fourth-order valence-corrected chi connectivity index (χ4v) is 2.33. The molecule has 1 aliphatic heterocycles. The predicted molar refractivity (Wildman–Crippen MR) is 61.7 cm³/mol. The van der Waals surface area contributed by atoms with Gasteiger partial charge in [0.2, 0.25) is 0 Å². The van der Waals surface area contributed by atoms with Crippen LogP contribution in [0.1, 0.15) is 34.6 Å². The van der Waals surface area contributed by atoms with E-state index in [-0.39, 0.29) is 5.54 Å². The summed E-state index contributed by atoms with van der Waals surface area (Å²) in [5.74, 6) is 0.506. The largest absolute Gasteiger partial charge is 0.399 e. The monoisotopic (exact) mass is 194 g/mol. The predicted octanol–water partition coefficient (Wildman–Crippen LogP) is 2.48. The average Bonchev–Trinajstić information content (AvgIpc) is 2.24. The van der Waals surface area contributed by atoms with Crippen molar-refractivity contribution in [2.24, 2.45) is 11.7 Å². The lowest BCUT2D eigenvalue weighted by Crippen LogP contribution is -2.38. The molecule has 0 bridgehead atoms. The van der Waals surface area contributed by atoms with Crippen molar-refractivity contribution in [3.63, 3.8) is 0 Å². The molecule has 0 aliphatic carbocycles. The van der Waals surface area contributed by atoms with Gasteiger partial charge in [0.15, 0.2) is 0 Å². The highest BCUT2D eigenvalue weighted by atomic mass is 15.2. The minimum atomic E-state index is 0.176. The lowest BCUT2D eigenvalue weighted by atomic mass is 10.0. The van der Waals surface area contributed by atoms with Crippen molar-refractivity contribution >= 4 is 0 Å². The first-order valence-electron chi connectivity index (χ1n) is 5.18. The zero-order chi connectivity index (χ0) is 11.1. The van der Waals surface area contributed by atoms with Gasteiger partial charge < -0.3 is 10.6 Å². The molecule has 0 fully saturated rings. The Labute approximate surface area is 87.5 Å². The van der Waals surface area contributed by atoms with Crippen LogP contribution in [0.25, 0.3) is 0 Å². The first kappa shape index (κ1) is 11.2. The van der Waals surface area contributed by atoms with E-state index in [1.54, 1.807) is 0 Å². The molecule has 0 aromatic heterocycles. The topological polar surface area (TPSA) is 29.3 Å². The average molecular weight is 194 g/mol. The van der Waals surface area contributed by atoms with Gasteiger partial charge in [-0.3, -0.25) is 0 Å². The van der Waals surface area contributed by atoms with Crippen LogP contribution >= 0.6 is 0 Å². The Morgan fingerprint density at radius 1 is 1.50 bits per heavy atom. The summed E-state index contributed by atoms with van der Waals surface area (Å²) in [7, 11) is 0. The lowest BCUT2D eigenvalue weighted by Gasteiger charge is -2.35. The zero-order valence-electron chi connectivity index (χ0n) is 10.0. The normalized spacial score (nSPS) is 23.2. The molecule has 1 rings (SSSR count). The summed E-state index contributed by atoms with van der Waals surface area (Å²) in [6.45, 7) is 15.9. The van der Waals surface area contributed by atoms with E-state index < -0.39 is 0 Å². The zero-order valence-corrected chi connectivity index (χ0v) is 10.0. The van der Waals surface area contributed by atoms with Crippen molar-refractivity contribution in [2.75, 3.05) is 6.54 Å². The molecule has 0 radical (unpaired) electrons. The van der Waals surface area contributed by atoms with Crippen LogP contribution in [0.4, 0.5) is 0 Å². The molecule has 1 unspecified atom stereocenters. The number of hydrogen-bond donors (Lipinski definition) is 1. The van der Waals surface area contributed by atoms with Crippen molar-refractivity contribution < 1.29 is 0 Å². The van der Waals surface area contributed by atoms with Crippen molar-refractivity contribution in [3.05, 3.63) is 23.5 Å². The van der Waals surface area contributed by atoms with Crippen LogP contribution in [-0.2, 0) is 0 Å². The molecule has 80 valence electrons. The molecule has 0 amide bonds. The van der Waals surface area contributed by atoms with Crippen LogP contribution in [0.15, 0.2) is 23.5 Å². The first-order valence-corrected chi connectivity index (χ1v) is 5.18. The molecule has 14 heavy (non-hydrogen) atoms. The molecule has 0 aromatic carbocycles. The molecular formula is C12H22N2. The molecule has 1 atom stereocenters. The molecule has 2 N–H and O–H groups in total. The summed E-state index contributed by atoms with van der Waals surface area (Å²) in [5.41, 5.74) is 9.23. The second-order valence-corrected chi connectivity index (χ2v) is 5.21. The van der Waals surface area contributed by atoms with Gasteiger partial charge >= 0.3 is 0 Å². The second-order valence-electron chi connectivity index (χ2n) is 5.21. The number of hydrogen-bond acceptors (Lipinski definition) is 2. The third kappa shape index (κ3) is 1.79. The highest BCUT2D eigenvalue weighted by Gasteiger charge is 2.32. The molecule has 0 aromatic rings. The molecule has 0 saturated carbocycles. The van der Waals surface area contributed by atoms with E-state index >= 15 is 0 Å². The van der Waals surface area contributed by atoms with Crippen molar-refractivity contribution in [2.45, 2.75) is 40.2 Å². The molecule has 1 heterocycles. The Hall–Kier alpha value is -0.920. The molecule has 2 heteroatoms. The van der Waals surface area contributed by atoms with Crippen LogP contribution < -0.4 is 5.73 Å². The Kier molecular flexibility index (Phi) is 2.66. The van der Waals surface area contributed by atoms with Gasteiger partial charge in [0.1, 0.15) is 0 Å². The van der Waals surface area contributed by atoms with E-state index in [9.17, 15) is 0 Å². The molecular weight excluding hydrogens is 172 g/mol. The van der Waals surface area contributed by atoms with Crippen LogP contribution in [-0.4, -0.2) is 17.0 Å². The maximum atomic E-state index is 5.81. The summed E-state index contributed by atoms with van der Waals surface area (Å²) in [6, 6.07) is 0. The fourth-order valence-electron chi connectivity index (χ4n) is 2.33. The van der Waals surface area contributed by atoms with E-state index in [0.29, 0.717) is 5.92 Å². The summed E-state index contributed by atoms with van der Waals surface area (Å²) in [6.07, 6.45) is 0. The number of rotatable bonds is 1. The minimum Gasteiger partial charge on any atom is -0.399 e. The standard InChI is InChI=1S/C12H22N2/c1-8-7-14(12(4,5)6)10(3)11(8)9(2)13/h8H,2,7,13H2,1,3-6H3. The van der Waals surface area contributed by atoms with Crippen LogP contribution in [0.5, 0.6) is 0 Å². The third-order valence-electron chi connectivity index (χ3n) is 2.90. The maximum Gasteiger partial charge on any atom is 0.0315 e. The number of nitrogens with zero attached hydrogens (tertiary/aromatic N) is 1. The minimum absolute atomic E-state index is 0.176. The smallest absolute Gasteiger partial charge is 0.0315 e. The van der Waals surface area contributed by atoms with Gasteiger partial charge in [-0.25, -0.2) is 0 Å². The highest BCUT2D eigenvalue weighted by Crippen LogP contribution is 2.35. The fraction of sp³-hybridized carbons (Fsp3) is 0.667. The van der Waals surface area contributed by atoms with Gasteiger partial charge in [-0.1, -0.05) is 13.5 Å². The van der Waals surface area contributed by atoms with Crippen molar-refractivity contribution in [3.8, 4) is 0 Å².